The van der Waals surface area contributed by atoms with Crippen LogP contribution in [0.5, 0.6) is 0 Å². The lowest BCUT2D eigenvalue weighted by Gasteiger charge is -2.26. The Morgan fingerprint density at radius 3 is 2.59 bits per heavy atom. The van der Waals surface area contributed by atoms with Gasteiger partial charge >= 0.3 is 0 Å². The minimum absolute atomic E-state index is 0.0100. The summed E-state index contributed by atoms with van der Waals surface area (Å²) in [6, 6.07) is 15.6. The van der Waals surface area contributed by atoms with Crippen LogP contribution in [0.1, 0.15) is 29.5 Å². The van der Waals surface area contributed by atoms with Gasteiger partial charge in [-0.2, -0.15) is 4.98 Å². The molecule has 0 aliphatic carbocycles. The molecule has 1 aromatic heterocycles. The standard InChI is InChI=1S/C22H25ClN4O2/c1-15-8-10-16(11-9-15)22-25-21(29-26-22)13-12-20(28)24-14-19(27(2)3)17-6-4-5-7-18(17)23/h4-11,19H,12-14H2,1-3H3,(H,24,28)/t19-/m1/s1. The van der Waals surface area contributed by atoms with Crippen molar-refractivity contribution in [1.29, 1.82) is 0 Å². The van der Waals surface area contributed by atoms with Crippen molar-refractivity contribution >= 4 is 17.5 Å². The van der Waals surface area contributed by atoms with Crippen LogP contribution in [0.3, 0.4) is 0 Å². The molecule has 0 radical (unpaired) electrons. The molecule has 152 valence electrons. The highest BCUT2D eigenvalue weighted by Crippen LogP contribution is 2.25. The molecule has 7 heteroatoms. The Balaban J connectivity index is 1.53. The molecule has 0 saturated heterocycles. The summed E-state index contributed by atoms with van der Waals surface area (Å²) in [6.45, 7) is 2.49. The first-order valence-electron chi connectivity index (χ1n) is 9.51. The summed E-state index contributed by atoms with van der Waals surface area (Å²) in [6.07, 6.45) is 0.668. The number of aromatic nitrogens is 2. The summed E-state index contributed by atoms with van der Waals surface area (Å²) in [4.78, 5) is 18.7. The minimum atomic E-state index is -0.0704. The van der Waals surface area contributed by atoms with E-state index in [9.17, 15) is 4.79 Å². The lowest BCUT2D eigenvalue weighted by atomic mass is 10.1. The number of rotatable bonds is 8. The SMILES string of the molecule is Cc1ccc(-c2noc(CCC(=O)NC[C@H](c3ccccc3Cl)N(C)C)n2)cc1. The maximum Gasteiger partial charge on any atom is 0.227 e. The van der Waals surface area contributed by atoms with E-state index in [4.69, 9.17) is 16.1 Å². The number of hydrogen-bond acceptors (Lipinski definition) is 5. The predicted molar refractivity (Wildman–Crippen MR) is 114 cm³/mol. The number of carbonyl (C=O) groups is 1. The molecule has 1 amide bonds. The Hall–Kier alpha value is -2.70. The van der Waals surface area contributed by atoms with Gasteiger partial charge in [0.1, 0.15) is 0 Å². The van der Waals surface area contributed by atoms with Crippen LogP contribution in [0, 0.1) is 6.92 Å². The Labute approximate surface area is 175 Å². The Kier molecular flexibility index (Phi) is 7.01. The van der Waals surface area contributed by atoms with Gasteiger partial charge in [-0.15, -0.1) is 0 Å². The van der Waals surface area contributed by atoms with Crippen LogP contribution >= 0.6 is 11.6 Å². The quantitative estimate of drug-likeness (QED) is 0.604. The molecule has 0 saturated carbocycles. The molecule has 0 bridgehead atoms. The molecular weight excluding hydrogens is 388 g/mol. The van der Waals surface area contributed by atoms with Crippen LogP contribution in [0.15, 0.2) is 53.1 Å². The molecule has 3 rings (SSSR count). The van der Waals surface area contributed by atoms with Gasteiger partial charge in [0.15, 0.2) is 0 Å². The van der Waals surface area contributed by atoms with E-state index < -0.39 is 0 Å². The van der Waals surface area contributed by atoms with Gasteiger partial charge < -0.3 is 14.7 Å². The first-order chi connectivity index (χ1) is 13.9. The fourth-order valence-electron chi connectivity index (χ4n) is 3.01. The fourth-order valence-corrected chi connectivity index (χ4v) is 3.27. The van der Waals surface area contributed by atoms with Crippen LogP contribution < -0.4 is 5.32 Å². The van der Waals surface area contributed by atoms with Crippen molar-refractivity contribution in [3.05, 3.63) is 70.6 Å². The summed E-state index contributed by atoms with van der Waals surface area (Å²) in [5.74, 6) is 0.914. The summed E-state index contributed by atoms with van der Waals surface area (Å²) in [5.41, 5.74) is 3.05. The predicted octanol–water partition coefficient (Wildman–Crippen LogP) is 4.05. The van der Waals surface area contributed by atoms with Gasteiger partial charge in [0.05, 0.1) is 6.04 Å². The summed E-state index contributed by atoms with van der Waals surface area (Å²) in [7, 11) is 3.93. The van der Waals surface area contributed by atoms with Crippen LogP contribution in [0.2, 0.25) is 5.02 Å². The van der Waals surface area contributed by atoms with E-state index in [2.05, 4.69) is 15.5 Å². The van der Waals surface area contributed by atoms with Crippen LogP contribution in [-0.2, 0) is 11.2 Å². The number of hydrogen-bond donors (Lipinski definition) is 1. The molecule has 1 atom stereocenters. The maximum atomic E-state index is 12.3. The number of halogens is 1. The van der Waals surface area contributed by atoms with Gasteiger partial charge in [-0.05, 0) is 32.6 Å². The number of carbonyl (C=O) groups excluding carboxylic acids is 1. The van der Waals surface area contributed by atoms with Crippen molar-refractivity contribution in [3.8, 4) is 11.4 Å². The van der Waals surface area contributed by atoms with Gasteiger partial charge in [0, 0.05) is 30.0 Å². The van der Waals surface area contributed by atoms with E-state index in [1.54, 1.807) is 0 Å². The lowest BCUT2D eigenvalue weighted by Crippen LogP contribution is -2.34. The molecule has 1 N–H and O–H groups in total. The first-order valence-corrected chi connectivity index (χ1v) is 9.89. The van der Waals surface area contributed by atoms with Gasteiger partial charge in [0.25, 0.3) is 0 Å². The number of benzene rings is 2. The molecule has 29 heavy (non-hydrogen) atoms. The van der Waals surface area contributed by atoms with E-state index in [1.807, 2.05) is 74.4 Å². The van der Waals surface area contributed by atoms with E-state index in [-0.39, 0.29) is 18.4 Å². The molecule has 1 heterocycles. The van der Waals surface area contributed by atoms with Crippen molar-refractivity contribution in [2.24, 2.45) is 0 Å². The highest BCUT2D eigenvalue weighted by molar-refractivity contribution is 6.31. The maximum absolute atomic E-state index is 12.3. The molecule has 2 aromatic carbocycles. The van der Waals surface area contributed by atoms with Gasteiger partial charge in [-0.1, -0.05) is 64.8 Å². The third-order valence-electron chi connectivity index (χ3n) is 4.72. The molecule has 3 aromatic rings. The molecular formula is C22H25ClN4O2. The van der Waals surface area contributed by atoms with Crippen molar-refractivity contribution < 1.29 is 9.32 Å². The Morgan fingerprint density at radius 1 is 1.17 bits per heavy atom. The first kappa shape index (κ1) is 21.0. The second kappa shape index (κ2) is 9.67. The Bertz CT molecular complexity index is 953. The highest BCUT2D eigenvalue weighted by Gasteiger charge is 2.18. The van der Waals surface area contributed by atoms with Gasteiger partial charge in [-0.3, -0.25) is 4.79 Å². The van der Waals surface area contributed by atoms with E-state index in [0.717, 1.165) is 11.1 Å². The summed E-state index contributed by atoms with van der Waals surface area (Å²) < 4.78 is 5.28. The fraction of sp³-hybridized carbons (Fsp3) is 0.318. The number of amides is 1. The number of aryl methyl sites for hydroxylation is 2. The van der Waals surface area contributed by atoms with Crippen LogP contribution in [-0.4, -0.2) is 41.6 Å². The number of nitrogens with one attached hydrogen (secondary N) is 1. The second-order valence-electron chi connectivity index (χ2n) is 7.18. The van der Waals surface area contributed by atoms with Crippen LogP contribution in [0.4, 0.5) is 0 Å². The average molecular weight is 413 g/mol. The van der Waals surface area contributed by atoms with Gasteiger partial charge in [0.2, 0.25) is 17.6 Å². The number of likely N-dealkylation sites (N-methyl/N-ethyl adjacent to an activating group) is 1. The molecule has 6 nitrogen and oxygen atoms in total. The minimum Gasteiger partial charge on any atom is -0.354 e. The Morgan fingerprint density at radius 2 is 1.90 bits per heavy atom. The van der Waals surface area contributed by atoms with Crippen LogP contribution in [0.25, 0.3) is 11.4 Å². The highest BCUT2D eigenvalue weighted by atomic mass is 35.5. The zero-order valence-electron chi connectivity index (χ0n) is 16.9. The van der Waals surface area contributed by atoms with Crippen molar-refractivity contribution in [1.82, 2.24) is 20.4 Å². The largest absolute Gasteiger partial charge is 0.354 e. The van der Waals surface area contributed by atoms with E-state index in [0.29, 0.717) is 29.7 Å². The lowest BCUT2D eigenvalue weighted by molar-refractivity contribution is -0.121. The molecule has 0 aliphatic heterocycles. The van der Waals surface area contributed by atoms with Gasteiger partial charge in [-0.25, -0.2) is 0 Å². The molecule has 0 fully saturated rings. The molecule has 0 unspecified atom stereocenters. The molecule has 0 aliphatic rings. The topological polar surface area (TPSA) is 71.3 Å². The monoisotopic (exact) mass is 412 g/mol. The van der Waals surface area contributed by atoms with E-state index in [1.165, 1.54) is 5.56 Å². The van der Waals surface area contributed by atoms with E-state index >= 15 is 0 Å². The van der Waals surface area contributed by atoms with Crippen molar-refractivity contribution in [2.75, 3.05) is 20.6 Å². The second-order valence-corrected chi connectivity index (χ2v) is 7.59. The zero-order chi connectivity index (χ0) is 20.8. The van der Waals surface area contributed by atoms with Crippen molar-refractivity contribution in [3.63, 3.8) is 0 Å². The normalized spacial score (nSPS) is 12.2. The molecule has 0 spiro atoms. The van der Waals surface area contributed by atoms with Crippen molar-refractivity contribution in [2.45, 2.75) is 25.8 Å². The third-order valence-corrected chi connectivity index (χ3v) is 5.07. The summed E-state index contributed by atoms with van der Waals surface area (Å²) >= 11 is 6.31. The smallest absolute Gasteiger partial charge is 0.227 e. The summed E-state index contributed by atoms with van der Waals surface area (Å²) in [5, 5.41) is 7.67. The average Bonchev–Trinajstić information content (AvgIpc) is 3.17. The third kappa shape index (κ3) is 5.65. The number of nitrogens with zero attached hydrogens (tertiary/aromatic N) is 3. The zero-order valence-corrected chi connectivity index (χ0v) is 17.6.